The van der Waals surface area contributed by atoms with Gasteiger partial charge in [-0.3, -0.25) is 0 Å². The van der Waals surface area contributed by atoms with Gasteiger partial charge in [-0.1, -0.05) is 60.7 Å². The lowest BCUT2D eigenvalue weighted by Gasteiger charge is -2.28. The summed E-state index contributed by atoms with van der Waals surface area (Å²) >= 11 is 0. The van der Waals surface area contributed by atoms with Crippen molar-refractivity contribution in [3.63, 3.8) is 0 Å². The van der Waals surface area contributed by atoms with Gasteiger partial charge in [0.25, 0.3) is 0 Å². The fourth-order valence-corrected chi connectivity index (χ4v) is 4.51. The van der Waals surface area contributed by atoms with Crippen LogP contribution in [0.5, 0.6) is 11.5 Å². The predicted molar refractivity (Wildman–Crippen MR) is 109 cm³/mol. The Hall–Kier alpha value is -2.83. The van der Waals surface area contributed by atoms with E-state index in [0.717, 1.165) is 11.1 Å². The Bertz CT molecular complexity index is 981. The Balaban J connectivity index is 2.09. The van der Waals surface area contributed by atoms with Gasteiger partial charge in [-0.25, -0.2) is 8.42 Å². The maximum atomic E-state index is 13.4. The molecule has 0 saturated heterocycles. The number of benzene rings is 3. The third-order valence-corrected chi connectivity index (χ3v) is 6.44. The SMILES string of the molecule is COc1ccc(S(=O)(=O)N(C)C(c2ccccc2)c2ccccc2)cc1OC. The third kappa shape index (κ3) is 3.88. The first-order valence-electron chi connectivity index (χ1n) is 8.79. The molecule has 0 radical (unpaired) electrons. The van der Waals surface area contributed by atoms with E-state index in [1.54, 1.807) is 13.1 Å². The fourth-order valence-electron chi connectivity index (χ4n) is 3.17. The summed E-state index contributed by atoms with van der Waals surface area (Å²) in [6, 6.07) is 23.3. The topological polar surface area (TPSA) is 55.8 Å². The minimum absolute atomic E-state index is 0.143. The number of methoxy groups -OCH3 is 2. The molecule has 0 aromatic heterocycles. The van der Waals surface area contributed by atoms with Gasteiger partial charge in [-0.05, 0) is 23.3 Å². The van der Waals surface area contributed by atoms with Gasteiger partial charge in [-0.15, -0.1) is 0 Å². The van der Waals surface area contributed by atoms with E-state index in [0.29, 0.717) is 11.5 Å². The van der Waals surface area contributed by atoms with Crippen LogP contribution in [0.15, 0.2) is 83.8 Å². The van der Waals surface area contributed by atoms with Crippen molar-refractivity contribution < 1.29 is 17.9 Å². The first kappa shape index (κ1) is 19.9. The van der Waals surface area contributed by atoms with Gasteiger partial charge in [0, 0.05) is 13.1 Å². The Morgan fingerprint density at radius 3 is 1.71 bits per heavy atom. The van der Waals surface area contributed by atoms with Gasteiger partial charge in [0.2, 0.25) is 10.0 Å². The molecule has 28 heavy (non-hydrogen) atoms. The average molecular weight is 397 g/mol. The number of sulfonamides is 1. The number of ether oxygens (including phenoxy) is 2. The summed E-state index contributed by atoms with van der Waals surface area (Å²) in [5.41, 5.74) is 1.78. The summed E-state index contributed by atoms with van der Waals surface area (Å²) in [5.74, 6) is 0.847. The van der Waals surface area contributed by atoms with Crippen molar-refractivity contribution in [3.8, 4) is 11.5 Å². The van der Waals surface area contributed by atoms with Crippen LogP contribution in [-0.2, 0) is 10.0 Å². The highest BCUT2D eigenvalue weighted by molar-refractivity contribution is 7.89. The van der Waals surface area contributed by atoms with Crippen molar-refractivity contribution in [1.82, 2.24) is 4.31 Å². The fraction of sp³-hybridized carbons (Fsp3) is 0.182. The summed E-state index contributed by atoms with van der Waals surface area (Å²) in [6.45, 7) is 0. The smallest absolute Gasteiger partial charge is 0.243 e. The molecule has 0 atom stereocenters. The van der Waals surface area contributed by atoms with Crippen molar-refractivity contribution in [1.29, 1.82) is 0 Å². The minimum Gasteiger partial charge on any atom is -0.493 e. The number of nitrogens with zero attached hydrogens (tertiary/aromatic N) is 1. The molecule has 0 aliphatic carbocycles. The van der Waals surface area contributed by atoms with E-state index in [2.05, 4.69) is 0 Å². The molecule has 0 spiro atoms. The lowest BCUT2D eigenvalue weighted by atomic mass is 9.99. The van der Waals surface area contributed by atoms with E-state index in [4.69, 9.17) is 9.47 Å². The van der Waals surface area contributed by atoms with Crippen LogP contribution in [0.25, 0.3) is 0 Å². The lowest BCUT2D eigenvalue weighted by Crippen LogP contribution is -2.32. The molecule has 0 bridgehead atoms. The summed E-state index contributed by atoms with van der Waals surface area (Å²) in [4.78, 5) is 0.143. The second kappa shape index (κ2) is 8.46. The zero-order chi connectivity index (χ0) is 20.1. The van der Waals surface area contributed by atoms with E-state index in [1.165, 1.54) is 30.7 Å². The standard InChI is InChI=1S/C22H23NO4S/c1-23(28(24,25)19-14-15-20(26-2)21(16-19)27-3)22(17-10-6-4-7-11-17)18-12-8-5-9-13-18/h4-16,22H,1-3H3. The van der Waals surface area contributed by atoms with Crippen LogP contribution in [0, 0.1) is 0 Å². The molecule has 0 saturated carbocycles. The zero-order valence-electron chi connectivity index (χ0n) is 16.1. The quantitative estimate of drug-likeness (QED) is 0.602. The molecular weight excluding hydrogens is 374 g/mol. The van der Waals surface area contributed by atoms with Gasteiger partial charge in [-0.2, -0.15) is 4.31 Å². The molecule has 3 aromatic rings. The molecule has 5 nitrogen and oxygen atoms in total. The highest BCUT2D eigenvalue weighted by Crippen LogP contribution is 2.35. The Kier molecular flexibility index (Phi) is 6.02. The van der Waals surface area contributed by atoms with Crippen LogP contribution >= 0.6 is 0 Å². The van der Waals surface area contributed by atoms with Gasteiger partial charge in [0.1, 0.15) is 0 Å². The highest BCUT2D eigenvalue weighted by Gasteiger charge is 2.31. The Morgan fingerprint density at radius 2 is 1.25 bits per heavy atom. The van der Waals surface area contributed by atoms with Crippen LogP contribution in [0.4, 0.5) is 0 Å². The van der Waals surface area contributed by atoms with Crippen LogP contribution in [0.1, 0.15) is 17.2 Å². The summed E-state index contributed by atoms with van der Waals surface area (Å²) in [7, 11) is 0.793. The molecule has 0 N–H and O–H groups in total. The number of hydrogen-bond acceptors (Lipinski definition) is 4. The molecule has 6 heteroatoms. The minimum atomic E-state index is -3.79. The normalized spacial score (nSPS) is 11.6. The maximum absolute atomic E-state index is 13.4. The molecule has 3 aromatic carbocycles. The largest absolute Gasteiger partial charge is 0.493 e. The molecule has 0 fully saturated rings. The summed E-state index contributed by atoms with van der Waals surface area (Å²) in [6.07, 6.45) is 0. The van der Waals surface area contributed by atoms with Crippen molar-refractivity contribution in [2.75, 3.05) is 21.3 Å². The molecular formula is C22H23NO4S. The second-order valence-corrected chi connectivity index (χ2v) is 8.26. The van der Waals surface area contributed by atoms with E-state index in [1.807, 2.05) is 60.7 Å². The van der Waals surface area contributed by atoms with E-state index in [-0.39, 0.29) is 4.90 Å². The van der Waals surface area contributed by atoms with Gasteiger partial charge in [0.15, 0.2) is 11.5 Å². The molecule has 146 valence electrons. The second-order valence-electron chi connectivity index (χ2n) is 6.26. The van der Waals surface area contributed by atoms with Crippen LogP contribution in [0.3, 0.4) is 0 Å². The molecule has 0 heterocycles. The molecule has 0 unspecified atom stereocenters. The summed E-state index contributed by atoms with van der Waals surface area (Å²) < 4.78 is 38.7. The first-order valence-corrected chi connectivity index (χ1v) is 10.2. The predicted octanol–water partition coefficient (Wildman–Crippen LogP) is 4.11. The van der Waals surface area contributed by atoms with E-state index >= 15 is 0 Å². The van der Waals surface area contributed by atoms with E-state index < -0.39 is 16.1 Å². The van der Waals surface area contributed by atoms with Crippen LogP contribution in [-0.4, -0.2) is 34.0 Å². The van der Waals surface area contributed by atoms with Crippen molar-refractivity contribution >= 4 is 10.0 Å². The molecule has 0 amide bonds. The third-order valence-electron chi connectivity index (χ3n) is 4.63. The van der Waals surface area contributed by atoms with Gasteiger partial charge < -0.3 is 9.47 Å². The number of rotatable bonds is 7. The van der Waals surface area contributed by atoms with Gasteiger partial charge >= 0.3 is 0 Å². The first-order chi connectivity index (χ1) is 13.5. The molecule has 0 aliphatic heterocycles. The average Bonchev–Trinajstić information content (AvgIpc) is 2.74. The van der Waals surface area contributed by atoms with Crippen LogP contribution in [0.2, 0.25) is 0 Å². The van der Waals surface area contributed by atoms with Crippen LogP contribution < -0.4 is 9.47 Å². The van der Waals surface area contributed by atoms with Gasteiger partial charge in [0.05, 0.1) is 25.2 Å². The molecule has 3 rings (SSSR count). The lowest BCUT2D eigenvalue weighted by molar-refractivity contribution is 0.353. The summed E-state index contributed by atoms with van der Waals surface area (Å²) in [5, 5.41) is 0. The van der Waals surface area contributed by atoms with Crippen molar-refractivity contribution in [3.05, 3.63) is 90.0 Å². The number of hydrogen-bond donors (Lipinski definition) is 0. The zero-order valence-corrected chi connectivity index (χ0v) is 16.9. The monoisotopic (exact) mass is 397 g/mol. The van der Waals surface area contributed by atoms with E-state index in [9.17, 15) is 8.42 Å². The Morgan fingerprint density at radius 1 is 0.750 bits per heavy atom. The maximum Gasteiger partial charge on any atom is 0.243 e. The van der Waals surface area contributed by atoms with Crippen molar-refractivity contribution in [2.45, 2.75) is 10.9 Å². The van der Waals surface area contributed by atoms with Crippen molar-refractivity contribution in [2.24, 2.45) is 0 Å². The highest BCUT2D eigenvalue weighted by atomic mass is 32.2. The molecule has 0 aliphatic rings. The Labute approximate surface area is 166 Å².